The van der Waals surface area contributed by atoms with Crippen LogP contribution in [-0.2, 0) is 0 Å². The van der Waals surface area contributed by atoms with E-state index in [4.69, 9.17) is 4.98 Å². The Morgan fingerprint density at radius 2 is 1.58 bits per heavy atom. The smallest absolute Gasteiger partial charge is 0.0831 e. The van der Waals surface area contributed by atoms with Gasteiger partial charge in [-0.25, -0.2) is 0 Å². The Kier molecular flexibility index (Phi) is 5.51. The van der Waals surface area contributed by atoms with Gasteiger partial charge in [-0.2, -0.15) is 0 Å². The fraction of sp³-hybridized carbons (Fsp3) is 0.762. The summed E-state index contributed by atoms with van der Waals surface area (Å²) < 4.78 is 0. The van der Waals surface area contributed by atoms with Crippen molar-refractivity contribution < 1.29 is 0 Å². The highest BCUT2D eigenvalue weighted by atomic mass is 15.2. The van der Waals surface area contributed by atoms with Gasteiger partial charge < -0.3 is 9.80 Å². The molecule has 0 aromatic carbocycles. The van der Waals surface area contributed by atoms with Crippen LogP contribution in [0.3, 0.4) is 0 Å². The van der Waals surface area contributed by atoms with Crippen molar-refractivity contribution >= 4 is 11.4 Å². The van der Waals surface area contributed by atoms with Crippen molar-refractivity contribution in [1.82, 2.24) is 4.98 Å². The molecule has 0 amide bonds. The van der Waals surface area contributed by atoms with Crippen molar-refractivity contribution in [3.63, 3.8) is 0 Å². The van der Waals surface area contributed by atoms with Crippen LogP contribution in [0.1, 0.15) is 71.3 Å². The van der Waals surface area contributed by atoms with Crippen LogP contribution in [0.5, 0.6) is 0 Å². The van der Waals surface area contributed by atoms with Crippen molar-refractivity contribution in [3.05, 3.63) is 17.0 Å². The van der Waals surface area contributed by atoms with E-state index in [9.17, 15) is 0 Å². The van der Waals surface area contributed by atoms with Gasteiger partial charge in [-0.05, 0) is 57.9 Å². The fourth-order valence-electron chi connectivity index (χ4n) is 3.97. The molecule has 0 saturated carbocycles. The lowest BCUT2D eigenvalue weighted by atomic mass is 9.85. The van der Waals surface area contributed by atoms with Gasteiger partial charge in [-0.3, -0.25) is 4.98 Å². The summed E-state index contributed by atoms with van der Waals surface area (Å²) in [5.41, 5.74) is 6.52. The maximum absolute atomic E-state index is 5.03. The quantitative estimate of drug-likeness (QED) is 0.747. The van der Waals surface area contributed by atoms with Crippen LogP contribution >= 0.6 is 0 Å². The Balaban J connectivity index is 2.83. The standard InChI is InChI=1S/C21H37N3/c1-12(2)19-21-20(16(7)17(8)22-19)23(10)18(9)15(6)14(5)11-24(21)13(3)4/h12-15,18H,11H2,1-10H3/t14-,15-,18-/m0/s1. The number of nitrogens with zero attached hydrogens (tertiary/aromatic N) is 3. The molecule has 0 bridgehead atoms. The minimum absolute atomic E-state index is 0.426. The number of hydrogen-bond donors (Lipinski definition) is 0. The molecule has 3 heteroatoms. The first kappa shape index (κ1) is 19.1. The predicted molar refractivity (Wildman–Crippen MR) is 106 cm³/mol. The summed E-state index contributed by atoms with van der Waals surface area (Å²) in [6, 6.07) is 0.996. The number of anilines is 2. The van der Waals surface area contributed by atoms with Crippen molar-refractivity contribution in [3.8, 4) is 0 Å². The van der Waals surface area contributed by atoms with Crippen LogP contribution in [-0.4, -0.2) is 30.7 Å². The zero-order valence-corrected chi connectivity index (χ0v) is 17.4. The average molecular weight is 332 g/mol. The summed E-state index contributed by atoms with van der Waals surface area (Å²) >= 11 is 0. The van der Waals surface area contributed by atoms with Gasteiger partial charge in [0.05, 0.1) is 17.1 Å². The van der Waals surface area contributed by atoms with E-state index in [2.05, 4.69) is 79.2 Å². The normalized spacial score (nSPS) is 25.1. The summed E-state index contributed by atoms with van der Waals surface area (Å²) in [4.78, 5) is 10.1. The molecule has 3 nitrogen and oxygen atoms in total. The van der Waals surface area contributed by atoms with Gasteiger partial charge >= 0.3 is 0 Å². The van der Waals surface area contributed by atoms with E-state index >= 15 is 0 Å². The molecule has 0 radical (unpaired) electrons. The largest absolute Gasteiger partial charge is 0.370 e. The molecule has 0 aliphatic carbocycles. The van der Waals surface area contributed by atoms with E-state index in [1.54, 1.807) is 0 Å². The highest BCUT2D eigenvalue weighted by molar-refractivity contribution is 5.78. The topological polar surface area (TPSA) is 19.4 Å². The van der Waals surface area contributed by atoms with Crippen molar-refractivity contribution in [2.45, 2.75) is 80.3 Å². The average Bonchev–Trinajstić information content (AvgIpc) is 2.51. The van der Waals surface area contributed by atoms with E-state index in [0.717, 1.165) is 6.54 Å². The number of fused-ring (bicyclic) bond motifs is 1. The van der Waals surface area contributed by atoms with Gasteiger partial charge in [0.15, 0.2) is 0 Å². The Labute approximate surface area is 149 Å². The first-order chi connectivity index (χ1) is 11.1. The Morgan fingerprint density at radius 1 is 1.00 bits per heavy atom. The maximum Gasteiger partial charge on any atom is 0.0831 e. The Morgan fingerprint density at radius 3 is 2.08 bits per heavy atom. The first-order valence-corrected chi connectivity index (χ1v) is 9.58. The maximum atomic E-state index is 5.03. The van der Waals surface area contributed by atoms with Crippen LogP contribution in [0.25, 0.3) is 0 Å². The van der Waals surface area contributed by atoms with Gasteiger partial charge in [-0.1, -0.05) is 27.7 Å². The van der Waals surface area contributed by atoms with Gasteiger partial charge in [0.2, 0.25) is 0 Å². The lowest BCUT2D eigenvalue weighted by Gasteiger charge is -2.45. The molecule has 2 rings (SSSR count). The zero-order valence-electron chi connectivity index (χ0n) is 17.4. The molecule has 0 fully saturated rings. The number of aryl methyl sites for hydroxylation is 1. The SMILES string of the molecule is Cc1nc(C(C)C)c2c(c1C)N(C)[C@@H](C)[C@@H](C)[C@@H](C)CN2C(C)C. The summed E-state index contributed by atoms with van der Waals surface area (Å²) in [6.45, 7) is 21.8. The third kappa shape index (κ3) is 3.14. The van der Waals surface area contributed by atoms with Crippen molar-refractivity contribution in [2.24, 2.45) is 11.8 Å². The first-order valence-electron chi connectivity index (χ1n) is 9.58. The third-order valence-corrected chi connectivity index (χ3v) is 6.22. The van der Waals surface area contributed by atoms with E-state index in [1.807, 2.05) is 0 Å². The van der Waals surface area contributed by atoms with Crippen LogP contribution in [0, 0.1) is 25.7 Å². The van der Waals surface area contributed by atoms with Gasteiger partial charge in [0, 0.05) is 31.4 Å². The van der Waals surface area contributed by atoms with Crippen LogP contribution < -0.4 is 9.80 Å². The van der Waals surface area contributed by atoms with Crippen molar-refractivity contribution in [1.29, 1.82) is 0 Å². The van der Waals surface area contributed by atoms with Crippen LogP contribution in [0.2, 0.25) is 0 Å². The summed E-state index contributed by atoms with van der Waals surface area (Å²) in [7, 11) is 2.27. The lowest BCUT2D eigenvalue weighted by molar-refractivity contribution is 0.321. The molecular formula is C21H37N3. The lowest BCUT2D eigenvalue weighted by Crippen LogP contribution is -2.47. The number of aromatic nitrogens is 1. The van der Waals surface area contributed by atoms with Gasteiger partial charge in [0.25, 0.3) is 0 Å². The molecule has 2 heterocycles. The molecule has 0 spiro atoms. The second kappa shape index (κ2) is 6.93. The van der Waals surface area contributed by atoms with Gasteiger partial charge in [-0.15, -0.1) is 0 Å². The van der Waals surface area contributed by atoms with Crippen molar-refractivity contribution in [2.75, 3.05) is 23.4 Å². The second-order valence-corrected chi connectivity index (χ2v) is 8.49. The minimum atomic E-state index is 0.426. The van der Waals surface area contributed by atoms with E-state index in [1.165, 1.54) is 28.3 Å². The fourth-order valence-corrected chi connectivity index (χ4v) is 3.97. The zero-order chi connectivity index (χ0) is 18.3. The Bertz CT molecular complexity index is 591. The van der Waals surface area contributed by atoms with E-state index in [0.29, 0.717) is 29.8 Å². The number of pyridine rings is 1. The highest BCUT2D eigenvalue weighted by Gasteiger charge is 2.34. The van der Waals surface area contributed by atoms with Crippen LogP contribution in [0.15, 0.2) is 0 Å². The van der Waals surface area contributed by atoms with E-state index in [-0.39, 0.29) is 0 Å². The van der Waals surface area contributed by atoms with E-state index < -0.39 is 0 Å². The Hall–Kier alpha value is -1.25. The monoisotopic (exact) mass is 331 g/mol. The molecule has 3 atom stereocenters. The number of rotatable bonds is 2. The summed E-state index contributed by atoms with van der Waals surface area (Å²) in [5, 5.41) is 0. The molecule has 24 heavy (non-hydrogen) atoms. The predicted octanol–water partition coefficient (Wildman–Crippen LogP) is 5.15. The molecule has 0 saturated heterocycles. The molecule has 0 unspecified atom stereocenters. The second-order valence-electron chi connectivity index (χ2n) is 8.49. The number of hydrogen-bond acceptors (Lipinski definition) is 3. The molecule has 1 aromatic rings. The third-order valence-electron chi connectivity index (χ3n) is 6.22. The highest BCUT2D eigenvalue weighted by Crippen LogP contribution is 2.43. The molecule has 1 aromatic heterocycles. The van der Waals surface area contributed by atoms with Crippen LogP contribution in [0.4, 0.5) is 11.4 Å². The summed E-state index contributed by atoms with van der Waals surface area (Å²) in [6.07, 6.45) is 0. The molecule has 1 aliphatic heterocycles. The van der Waals surface area contributed by atoms with Gasteiger partial charge in [0.1, 0.15) is 0 Å². The molecule has 136 valence electrons. The molecule has 0 N–H and O–H groups in total. The minimum Gasteiger partial charge on any atom is -0.370 e. The molecule has 1 aliphatic rings. The summed E-state index contributed by atoms with van der Waals surface area (Å²) in [5.74, 6) is 1.73. The molecular weight excluding hydrogens is 294 g/mol.